The second-order valence-electron chi connectivity index (χ2n) is 20.9. The van der Waals surface area contributed by atoms with E-state index in [1.54, 1.807) is 0 Å². The molecule has 0 radical (unpaired) electrons. The summed E-state index contributed by atoms with van der Waals surface area (Å²) in [6, 6.07) is 98.3. The predicted molar refractivity (Wildman–Crippen MR) is 313 cm³/mol. The van der Waals surface area contributed by atoms with Crippen LogP contribution in [0.1, 0.15) is 49.9 Å². The summed E-state index contributed by atoms with van der Waals surface area (Å²) in [6.07, 6.45) is 0. The lowest BCUT2D eigenvalue weighted by Crippen LogP contribution is -2.21. The van der Waals surface area contributed by atoms with Crippen molar-refractivity contribution >= 4 is 34.1 Å². The smallest absolute Gasteiger partial charge is 0.0529 e. The van der Waals surface area contributed by atoms with Crippen molar-refractivity contribution in [3.8, 4) is 66.8 Å². The molecule has 354 valence electrons. The number of benzene rings is 11. The minimum atomic E-state index is -0.374. The number of anilines is 6. The zero-order chi connectivity index (χ0) is 50.0. The van der Waals surface area contributed by atoms with Crippen LogP contribution in [0.5, 0.6) is 0 Å². The minimum Gasteiger partial charge on any atom is -0.310 e. The van der Waals surface area contributed by atoms with Gasteiger partial charge < -0.3 is 9.80 Å². The Morgan fingerprint density at radius 3 is 0.959 bits per heavy atom. The summed E-state index contributed by atoms with van der Waals surface area (Å²) in [5.41, 5.74) is 26.2. The molecule has 2 nitrogen and oxygen atoms in total. The van der Waals surface area contributed by atoms with Crippen LogP contribution in [-0.2, 0) is 10.8 Å². The Morgan fingerprint density at radius 2 is 0.554 bits per heavy atom. The van der Waals surface area contributed by atoms with Gasteiger partial charge in [-0.25, -0.2) is 0 Å². The topological polar surface area (TPSA) is 6.48 Å². The molecular formula is C72H56N2. The van der Waals surface area contributed by atoms with Crippen LogP contribution in [0.4, 0.5) is 34.1 Å². The molecule has 0 saturated carbocycles. The van der Waals surface area contributed by atoms with Gasteiger partial charge in [0.15, 0.2) is 0 Å². The Labute approximate surface area is 436 Å². The van der Waals surface area contributed by atoms with E-state index in [0.29, 0.717) is 0 Å². The van der Waals surface area contributed by atoms with Crippen molar-refractivity contribution in [3.63, 3.8) is 0 Å². The van der Waals surface area contributed by atoms with Crippen molar-refractivity contribution < 1.29 is 0 Å². The van der Waals surface area contributed by atoms with Gasteiger partial charge in [0.25, 0.3) is 0 Å². The fraction of sp³-hybridized carbons (Fsp3) is 0.0833. The largest absolute Gasteiger partial charge is 0.310 e. The van der Waals surface area contributed by atoms with E-state index in [-0.39, 0.29) is 10.8 Å². The summed E-state index contributed by atoms with van der Waals surface area (Å²) in [4.78, 5) is 4.97. The maximum Gasteiger partial charge on any atom is 0.0529 e. The molecule has 11 aromatic carbocycles. The minimum absolute atomic E-state index is 0.158. The van der Waals surface area contributed by atoms with Gasteiger partial charge in [-0.05, 0) is 162 Å². The zero-order valence-electron chi connectivity index (χ0n) is 42.3. The molecule has 0 heterocycles. The van der Waals surface area contributed by atoms with Gasteiger partial charge in [-0.15, -0.1) is 0 Å². The highest BCUT2D eigenvalue weighted by Crippen LogP contribution is 2.60. The van der Waals surface area contributed by atoms with Crippen LogP contribution in [0.15, 0.2) is 267 Å². The molecule has 0 atom stereocenters. The van der Waals surface area contributed by atoms with E-state index in [1.807, 2.05) is 0 Å². The van der Waals surface area contributed by atoms with Crippen LogP contribution in [0.2, 0.25) is 0 Å². The SMILES string of the molecule is CC1(C)c2ccccc2-c2cc3c(cc21)-c1cc(N(c2ccc(-c4ccccc4)cc2)c2ccc(-c4ccccc4)cc2)cc(N(c2ccc(-c4ccccc4)cc2)c2ccc(-c4ccccc4)cc2)c1C3(C)C. The van der Waals surface area contributed by atoms with Gasteiger partial charge >= 0.3 is 0 Å². The quantitative estimate of drug-likeness (QED) is 0.135. The number of hydrogen-bond acceptors (Lipinski definition) is 2. The average molecular weight is 949 g/mol. The molecule has 2 heteroatoms. The molecule has 0 aliphatic heterocycles. The highest BCUT2D eigenvalue weighted by molar-refractivity contribution is 5.98. The predicted octanol–water partition coefficient (Wildman–Crippen LogP) is 19.9. The third-order valence-electron chi connectivity index (χ3n) is 15.8. The fourth-order valence-corrected chi connectivity index (χ4v) is 12.0. The monoisotopic (exact) mass is 948 g/mol. The van der Waals surface area contributed by atoms with Crippen molar-refractivity contribution in [3.05, 3.63) is 289 Å². The highest BCUT2D eigenvalue weighted by atomic mass is 15.2. The number of nitrogens with zero attached hydrogens (tertiary/aromatic N) is 2. The number of fused-ring (bicyclic) bond motifs is 6. The fourth-order valence-electron chi connectivity index (χ4n) is 12.0. The second kappa shape index (κ2) is 17.9. The summed E-state index contributed by atoms with van der Waals surface area (Å²) >= 11 is 0. The summed E-state index contributed by atoms with van der Waals surface area (Å²) in [5, 5.41) is 0. The normalized spacial score (nSPS) is 13.4. The van der Waals surface area contributed by atoms with E-state index in [4.69, 9.17) is 0 Å². The van der Waals surface area contributed by atoms with Gasteiger partial charge in [0.2, 0.25) is 0 Å². The maximum absolute atomic E-state index is 2.55. The summed E-state index contributed by atoms with van der Waals surface area (Å²) in [5.74, 6) is 0. The zero-order valence-corrected chi connectivity index (χ0v) is 42.3. The molecule has 0 fully saturated rings. The lowest BCUT2D eigenvalue weighted by atomic mass is 9.78. The molecule has 0 aromatic heterocycles. The van der Waals surface area contributed by atoms with Crippen LogP contribution < -0.4 is 9.80 Å². The third-order valence-corrected chi connectivity index (χ3v) is 15.8. The summed E-state index contributed by atoms with van der Waals surface area (Å²) in [6.45, 7) is 9.67. The Balaban J connectivity index is 1.07. The van der Waals surface area contributed by atoms with Crippen LogP contribution in [0, 0.1) is 0 Å². The Hall–Kier alpha value is -8.98. The average Bonchev–Trinajstić information content (AvgIpc) is 3.83. The highest BCUT2D eigenvalue weighted by Gasteiger charge is 2.44. The first kappa shape index (κ1) is 44.9. The number of rotatable bonds is 10. The van der Waals surface area contributed by atoms with Gasteiger partial charge in [-0.1, -0.05) is 222 Å². The lowest BCUT2D eigenvalue weighted by molar-refractivity contribution is 0.652. The van der Waals surface area contributed by atoms with Crippen LogP contribution in [-0.4, -0.2) is 0 Å². The standard InChI is InChI=1S/C72H56N2/c1-71(2)66-28-18-17-27-62(66)63-47-68-64(48-67(63)71)65-45-61(73(57-37-29-53(30-38-57)49-19-9-5-10-20-49)58-39-31-54(32-40-58)50-21-11-6-12-22-50)46-69(70(65)72(68,3)4)74(59-41-33-55(34-42-59)51-23-13-7-14-24-51)60-43-35-56(36-44-60)52-25-15-8-16-26-52/h5-48H,1-4H3. The van der Waals surface area contributed by atoms with E-state index in [2.05, 4.69) is 304 Å². The molecule has 13 rings (SSSR count). The van der Waals surface area contributed by atoms with Gasteiger partial charge in [0.1, 0.15) is 0 Å². The molecule has 2 aliphatic carbocycles. The van der Waals surface area contributed by atoms with Crippen LogP contribution in [0.25, 0.3) is 66.8 Å². The van der Waals surface area contributed by atoms with Crippen LogP contribution in [0.3, 0.4) is 0 Å². The van der Waals surface area contributed by atoms with E-state index in [9.17, 15) is 0 Å². The van der Waals surface area contributed by atoms with E-state index in [1.165, 1.54) is 89.0 Å². The molecule has 11 aromatic rings. The Kier molecular flexibility index (Phi) is 10.9. The third kappa shape index (κ3) is 7.65. The maximum atomic E-state index is 2.55. The molecular weight excluding hydrogens is 893 g/mol. The van der Waals surface area contributed by atoms with Crippen molar-refractivity contribution in [2.24, 2.45) is 0 Å². The molecule has 0 N–H and O–H groups in total. The van der Waals surface area contributed by atoms with Crippen molar-refractivity contribution in [1.29, 1.82) is 0 Å². The second-order valence-corrected chi connectivity index (χ2v) is 20.9. The van der Waals surface area contributed by atoms with Crippen molar-refractivity contribution in [2.75, 3.05) is 9.80 Å². The Morgan fingerprint density at radius 1 is 0.230 bits per heavy atom. The molecule has 0 unspecified atom stereocenters. The molecule has 0 bridgehead atoms. The van der Waals surface area contributed by atoms with E-state index in [0.717, 1.165) is 34.1 Å². The Bertz CT molecular complexity index is 3660. The van der Waals surface area contributed by atoms with Gasteiger partial charge in [-0.3, -0.25) is 0 Å². The first-order chi connectivity index (χ1) is 36.2. The summed E-state index contributed by atoms with van der Waals surface area (Å²) < 4.78 is 0. The van der Waals surface area contributed by atoms with Crippen LogP contribution >= 0.6 is 0 Å². The van der Waals surface area contributed by atoms with E-state index >= 15 is 0 Å². The van der Waals surface area contributed by atoms with Gasteiger partial charge in [0, 0.05) is 39.3 Å². The first-order valence-electron chi connectivity index (χ1n) is 25.9. The number of hydrogen-bond donors (Lipinski definition) is 0. The van der Waals surface area contributed by atoms with Gasteiger partial charge in [-0.2, -0.15) is 0 Å². The van der Waals surface area contributed by atoms with Gasteiger partial charge in [0.05, 0.1) is 5.69 Å². The van der Waals surface area contributed by atoms with Crippen molar-refractivity contribution in [1.82, 2.24) is 0 Å². The molecule has 74 heavy (non-hydrogen) atoms. The molecule has 0 saturated heterocycles. The molecule has 0 amide bonds. The lowest BCUT2D eigenvalue weighted by Gasteiger charge is -2.34. The molecule has 2 aliphatic rings. The summed E-state index contributed by atoms with van der Waals surface area (Å²) in [7, 11) is 0. The van der Waals surface area contributed by atoms with E-state index < -0.39 is 0 Å². The first-order valence-corrected chi connectivity index (χ1v) is 25.9. The van der Waals surface area contributed by atoms with Crippen molar-refractivity contribution in [2.45, 2.75) is 38.5 Å². The molecule has 0 spiro atoms.